The van der Waals surface area contributed by atoms with Crippen LogP contribution >= 0.6 is 0 Å². The molecule has 1 N–H and O–H groups in total. The molecule has 3 aromatic rings. The maximum atomic E-state index is 12.4. The Kier molecular flexibility index (Phi) is 4.60. The molecule has 0 saturated heterocycles. The number of carbonyl (C=O) groups excluding carboxylic acids is 1. The van der Waals surface area contributed by atoms with Gasteiger partial charge in [-0.25, -0.2) is 9.97 Å². The van der Waals surface area contributed by atoms with Gasteiger partial charge in [0, 0.05) is 25.0 Å². The molecule has 5 heteroatoms. The number of hydrogen-bond acceptors (Lipinski definition) is 4. The molecule has 0 atom stereocenters. The fourth-order valence-corrected chi connectivity index (χ4v) is 3.21. The van der Waals surface area contributed by atoms with Gasteiger partial charge in [0.25, 0.3) is 5.91 Å². The van der Waals surface area contributed by atoms with E-state index in [1.807, 2.05) is 30.3 Å². The standard InChI is InChI=1S/C21H20N4O/c26-20(22-13-10-16-6-2-1-3-7-16)18-11-14-23-21(24-18)25-15-12-17-8-4-5-9-19(17)25/h1-9,11,14H,10,12-13,15H2,(H,22,26). The summed E-state index contributed by atoms with van der Waals surface area (Å²) in [6.07, 6.45) is 3.41. The van der Waals surface area contributed by atoms with Crippen molar-refractivity contribution in [1.82, 2.24) is 15.3 Å². The number of benzene rings is 2. The molecule has 2 heterocycles. The Hall–Kier alpha value is -3.21. The number of para-hydroxylation sites is 1. The number of anilines is 2. The van der Waals surface area contributed by atoms with Crippen LogP contribution in [0.5, 0.6) is 0 Å². The fraction of sp³-hybridized carbons (Fsp3) is 0.190. The minimum absolute atomic E-state index is 0.169. The summed E-state index contributed by atoms with van der Waals surface area (Å²) in [5.41, 5.74) is 4.00. The molecule has 4 rings (SSSR count). The van der Waals surface area contributed by atoms with Crippen molar-refractivity contribution in [2.24, 2.45) is 0 Å². The van der Waals surface area contributed by atoms with Crippen LogP contribution in [0.15, 0.2) is 66.9 Å². The molecule has 1 aliphatic heterocycles. The summed E-state index contributed by atoms with van der Waals surface area (Å²) in [6, 6.07) is 20.0. The summed E-state index contributed by atoms with van der Waals surface area (Å²) in [5, 5.41) is 2.94. The second-order valence-corrected chi connectivity index (χ2v) is 6.26. The number of rotatable bonds is 5. The molecule has 0 unspecified atom stereocenters. The molecule has 26 heavy (non-hydrogen) atoms. The van der Waals surface area contributed by atoms with Crippen LogP contribution < -0.4 is 10.2 Å². The third-order valence-corrected chi connectivity index (χ3v) is 4.55. The van der Waals surface area contributed by atoms with Gasteiger partial charge in [-0.05, 0) is 36.1 Å². The highest BCUT2D eigenvalue weighted by molar-refractivity contribution is 5.92. The minimum Gasteiger partial charge on any atom is -0.350 e. The van der Waals surface area contributed by atoms with E-state index in [1.165, 1.54) is 11.1 Å². The van der Waals surface area contributed by atoms with Crippen molar-refractivity contribution in [3.8, 4) is 0 Å². The number of hydrogen-bond donors (Lipinski definition) is 1. The Bertz CT molecular complexity index is 911. The molecule has 1 aliphatic rings. The van der Waals surface area contributed by atoms with Crippen LogP contribution in [0.2, 0.25) is 0 Å². The quantitative estimate of drug-likeness (QED) is 0.772. The maximum Gasteiger partial charge on any atom is 0.270 e. The van der Waals surface area contributed by atoms with Gasteiger partial charge in [0.1, 0.15) is 5.69 Å². The number of aromatic nitrogens is 2. The number of carbonyl (C=O) groups is 1. The van der Waals surface area contributed by atoms with E-state index in [2.05, 4.69) is 44.5 Å². The predicted molar refractivity (Wildman–Crippen MR) is 102 cm³/mol. The van der Waals surface area contributed by atoms with Gasteiger partial charge < -0.3 is 10.2 Å². The Morgan fingerprint density at radius 2 is 1.85 bits per heavy atom. The van der Waals surface area contributed by atoms with Crippen LogP contribution in [0.25, 0.3) is 0 Å². The lowest BCUT2D eigenvalue weighted by Crippen LogP contribution is -2.27. The second kappa shape index (κ2) is 7.35. The molecular weight excluding hydrogens is 324 g/mol. The number of fused-ring (bicyclic) bond motifs is 1. The molecule has 130 valence electrons. The van der Waals surface area contributed by atoms with Crippen molar-refractivity contribution in [2.45, 2.75) is 12.8 Å². The van der Waals surface area contributed by atoms with Crippen molar-refractivity contribution < 1.29 is 4.79 Å². The third kappa shape index (κ3) is 3.42. The van der Waals surface area contributed by atoms with Gasteiger partial charge in [-0.2, -0.15) is 0 Å². The Morgan fingerprint density at radius 1 is 1.04 bits per heavy atom. The van der Waals surface area contributed by atoms with Crippen LogP contribution in [0.1, 0.15) is 21.6 Å². The second-order valence-electron chi connectivity index (χ2n) is 6.26. The van der Waals surface area contributed by atoms with Gasteiger partial charge in [0.15, 0.2) is 0 Å². The third-order valence-electron chi connectivity index (χ3n) is 4.55. The molecule has 0 fully saturated rings. The molecule has 0 radical (unpaired) electrons. The Balaban J connectivity index is 1.43. The average molecular weight is 344 g/mol. The largest absolute Gasteiger partial charge is 0.350 e. The maximum absolute atomic E-state index is 12.4. The average Bonchev–Trinajstić information content (AvgIpc) is 3.13. The van der Waals surface area contributed by atoms with Gasteiger partial charge in [-0.3, -0.25) is 4.79 Å². The normalized spacial score (nSPS) is 12.7. The number of nitrogens with zero attached hydrogens (tertiary/aromatic N) is 3. The van der Waals surface area contributed by atoms with Gasteiger partial charge in [0.2, 0.25) is 5.95 Å². The monoisotopic (exact) mass is 344 g/mol. The molecule has 0 spiro atoms. The van der Waals surface area contributed by atoms with Crippen molar-refractivity contribution in [1.29, 1.82) is 0 Å². The van der Waals surface area contributed by atoms with Crippen LogP contribution in [0, 0.1) is 0 Å². The van der Waals surface area contributed by atoms with Gasteiger partial charge in [-0.15, -0.1) is 0 Å². The van der Waals surface area contributed by atoms with E-state index in [1.54, 1.807) is 12.3 Å². The molecule has 0 saturated carbocycles. The smallest absolute Gasteiger partial charge is 0.270 e. The van der Waals surface area contributed by atoms with Crippen LogP contribution in [0.3, 0.4) is 0 Å². The fourth-order valence-electron chi connectivity index (χ4n) is 3.21. The van der Waals surface area contributed by atoms with E-state index in [0.717, 1.165) is 25.1 Å². The van der Waals surface area contributed by atoms with E-state index in [9.17, 15) is 4.79 Å². The zero-order valence-corrected chi connectivity index (χ0v) is 14.4. The van der Waals surface area contributed by atoms with Crippen molar-refractivity contribution in [2.75, 3.05) is 18.0 Å². The summed E-state index contributed by atoms with van der Waals surface area (Å²) in [7, 11) is 0. The molecule has 0 bridgehead atoms. The molecule has 5 nitrogen and oxygen atoms in total. The minimum atomic E-state index is -0.169. The first-order valence-electron chi connectivity index (χ1n) is 8.82. The lowest BCUT2D eigenvalue weighted by Gasteiger charge is -2.17. The lowest BCUT2D eigenvalue weighted by molar-refractivity contribution is 0.0949. The molecule has 1 aromatic heterocycles. The molecule has 1 amide bonds. The highest BCUT2D eigenvalue weighted by Gasteiger charge is 2.22. The lowest BCUT2D eigenvalue weighted by atomic mass is 10.1. The van der Waals surface area contributed by atoms with E-state index >= 15 is 0 Å². The first-order chi connectivity index (χ1) is 12.8. The first-order valence-corrected chi connectivity index (χ1v) is 8.82. The molecular formula is C21H20N4O. The van der Waals surface area contributed by atoms with Crippen LogP contribution in [-0.2, 0) is 12.8 Å². The zero-order chi connectivity index (χ0) is 17.8. The SMILES string of the molecule is O=C(NCCc1ccccc1)c1ccnc(N2CCc3ccccc32)n1. The predicted octanol–water partition coefficient (Wildman–Crippen LogP) is 3.14. The highest BCUT2D eigenvalue weighted by atomic mass is 16.1. The molecule has 0 aliphatic carbocycles. The van der Waals surface area contributed by atoms with Crippen LogP contribution in [0.4, 0.5) is 11.6 Å². The van der Waals surface area contributed by atoms with E-state index < -0.39 is 0 Å². The van der Waals surface area contributed by atoms with E-state index in [-0.39, 0.29) is 5.91 Å². The Labute approximate surface area is 152 Å². The van der Waals surface area contributed by atoms with Crippen molar-refractivity contribution in [3.63, 3.8) is 0 Å². The Morgan fingerprint density at radius 3 is 2.73 bits per heavy atom. The first kappa shape index (κ1) is 16.3. The zero-order valence-electron chi connectivity index (χ0n) is 14.4. The topological polar surface area (TPSA) is 58.1 Å². The van der Waals surface area contributed by atoms with E-state index in [4.69, 9.17) is 0 Å². The van der Waals surface area contributed by atoms with Gasteiger partial charge >= 0.3 is 0 Å². The summed E-state index contributed by atoms with van der Waals surface area (Å²) in [4.78, 5) is 23.3. The van der Waals surface area contributed by atoms with Crippen LogP contribution in [-0.4, -0.2) is 29.0 Å². The summed E-state index contributed by atoms with van der Waals surface area (Å²) >= 11 is 0. The summed E-state index contributed by atoms with van der Waals surface area (Å²) < 4.78 is 0. The number of amides is 1. The highest BCUT2D eigenvalue weighted by Crippen LogP contribution is 2.31. The van der Waals surface area contributed by atoms with E-state index in [0.29, 0.717) is 18.2 Å². The molecule has 2 aromatic carbocycles. The van der Waals surface area contributed by atoms with Crippen molar-refractivity contribution >= 4 is 17.5 Å². The van der Waals surface area contributed by atoms with Crippen molar-refractivity contribution in [3.05, 3.63) is 83.7 Å². The summed E-state index contributed by atoms with van der Waals surface area (Å²) in [6.45, 7) is 1.41. The summed E-state index contributed by atoms with van der Waals surface area (Å²) in [5.74, 6) is 0.405. The van der Waals surface area contributed by atoms with Gasteiger partial charge in [0.05, 0.1) is 0 Å². The van der Waals surface area contributed by atoms with Gasteiger partial charge in [-0.1, -0.05) is 48.5 Å². The number of nitrogens with one attached hydrogen (secondary N) is 1.